The lowest BCUT2D eigenvalue weighted by molar-refractivity contribution is 0.669. The summed E-state index contributed by atoms with van der Waals surface area (Å²) < 4.78 is 6.41. The van der Waals surface area contributed by atoms with Crippen LogP contribution in [0.5, 0.6) is 0 Å². The van der Waals surface area contributed by atoms with E-state index < -0.39 is 0 Å². The van der Waals surface area contributed by atoms with Gasteiger partial charge in [-0.3, -0.25) is 0 Å². The Morgan fingerprint density at radius 2 is 0.918 bits per heavy atom. The van der Waals surface area contributed by atoms with Crippen molar-refractivity contribution < 1.29 is 4.42 Å². The predicted molar refractivity (Wildman–Crippen MR) is 201 cm³/mol. The highest BCUT2D eigenvalue weighted by Crippen LogP contribution is 2.37. The van der Waals surface area contributed by atoms with Crippen LogP contribution < -0.4 is 0 Å². The Hall–Kier alpha value is -6.65. The fourth-order valence-corrected chi connectivity index (χ4v) is 7.07. The third-order valence-electron chi connectivity index (χ3n) is 9.49. The van der Waals surface area contributed by atoms with Gasteiger partial charge in [0.15, 0.2) is 17.5 Å². The molecule has 4 nitrogen and oxygen atoms in total. The van der Waals surface area contributed by atoms with Gasteiger partial charge < -0.3 is 4.42 Å². The first-order valence-electron chi connectivity index (χ1n) is 16.4. The Morgan fingerprint density at radius 3 is 1.71 bits per heavy atom. The lowest BCUT2D eigenvalue weighted by Gasteiger charge is -2.10. The number of benzene rings is 8. The smallest absolute Gasteiger partial charge is 0.164 e. The van der Waals surface area contributed by atoms with Gasteiger partial charge in [0.05, 0.1) is 0 Å². The van der Waals surface area contributed by atoms with Crippen LogP contribution in [0.25, 0.3) is 99.5 Å². The molecule has 0 bridgehead atoms. The van der Waals surface area contributed by atoms with E-state index in [1.165, 1.54) is 21.9 Å². The minimum Gasteiger partial charge on any atom is -0.456 e. The predicted octanol–water partition coefficient (Wildman–Crippen LogP) is 11.9. The molecule has 0 aliphatic rings. The average molecular weight is 626 g/mol. The number of fused-ring (bicyclic) bond motifs is 6. The van der Waals surface area contributed by atoms with Crippen molar-refractivity contribution in [2.24, 2.45) is 0 Å². The Balaban J connectivity index is 1.15. The van der Waals surface area contributed by atoms with E-state index in [9.17, 15) is 0 Å². The summed E-state index contributed by atoms with van der Waals surface area (Å²) in [7, 11) is 0. The van der Waals surface area contributed by atoms with Crippen LogP contribution in [0.2, 0.25) is 0 Å². The second-order valence-corrected chi connectivity index (χ2v) is 12.4. The van der Waals surface area contributed by atoms with Crippen LogP contribution in [0.3, 0.4) is 0 Å². The third kappa shape index (κ3) is 4.65. The zero-order valence-corrected chi connectivity index (χ0v) is 26.3. The fourth-order valence-electron chi connectivity index (χ4n) is 7.07. The topological polar surface area (TPSA) is 51.8 Å². The van der Waals surface area contributed by atoms with Gasteiger partial charge in [0.2, 0.25) is 0 Å². The van der Waals surface area contributed by atoms with E-state index in [-0.39, 0.29) is 0 Å². The molecule has 4 heteroatoms. The van der Waals surface area contributed by atoms with E-state index >= 15 is 0 Å². The van der Waals surface area contributed by atoms with Crippen molar-refractivity contribution in [2.75, 3.05) is 0 Å². The van der Waals surface area contributed by atoms with Gasteiger partial charge in [-0.05, 0) is 79.8 Å². The van der Waals surface area contributed by atoms with Gasteiger partial charge >= 0.3 is 0 Å². The van der Waals surface area contributed by atoms with Crippen molar-refractivity contribution in [3.8, 4) is 45.3 Å². The zero-order chi connectivity index (χ0) is 32.3. The summed E-state index contributed by atoms with van der Waals surface area (Å²) in [6, 6.07) is 57.0. The van der Waals surface area contributed by atoms with Crippen molar-refractivity contribution in [2.45, 2.75) is 0 Å². The second-order valence-electron chi connectivity index (χ2n) is 12.4. The highest BCUT2D eigenvalue weighted by Gasteiger charge is 2.16. The molecule has 0 saturated carbocycles. The summed E-state index contributed by atoms with van der Waals surface area (Å²) in [5.41, 5.74) is 6.92. The first-order valence-corrected chi connectivity index (χ1v) is 16.4. The van der Waals surface area contributed by atoms with Crippen LogP contribution in [0, 0.1) is 0 Å². The molecule has 8 aromatic carbocycles. The van der Waals surface area contributed by atoms with Crippen LogP contribution in [0.15, 0.2) is 168 Å². The van der Waals surface area contributed by atoms with E-state index in [4.69, 9.17) is 19.4 Å². The average Bonchev–Trinajstić information content (AvgIpc) is 3.53. The maximum Gasteiger partial charge on any atom is 0.164 e. The lowest BCUT2D eigenvalue weighted by Crippen LogP contribution is -2.00. The summed E-state index contributed by atoms with van der Waals surface area (Å²) >= 11 is 0. The molecule has 2 heterocycles. The number of aromatic nitrogens is 3. The molecular weight excluding hydrogens is 599 g/mol. The van der Waals surface area contributed by atoms with Gasteiger partial charge in [-0.2, -0.15) is 0 Å². The molecule has 228 valence electrons. The molecule has 0 aliphatic heterocycles. The van der Waals surface area contributed by atoms with Crippen molar-refractivity contribution in [1.82, 2.24) is 15.0 Å². The van der Waals surface area contributed by atoms with Crippen LogP contribution in [0.4, 0.5) is 0 Å². The van der Waals surface area contributed by atoms with Crippen LogP contribution in [0.1, 0.15) is 0 Å². The molecule has 0 radical (unpaired) electrons. The van der Waals surface area contributed by atoms with Crippen LogP contribution in [-0.2, 0) is 0 Å². The van der Waals surface area contributed by atoms with Gasteiger partial charge in [-0.25, -0.2) is 15.0 Å². The van der Waals surface area contributed by atoms with Gasteiger partial charge in [0, 0.05) is 27.5 Å². The normalized spacial score (nSPS) is 11.7. The highest BCUT2D eigenvalue weighted by molar-refractivity contribution is 6.11. The van der Waals surface area contributed by atoms with Crippen LogP contribution in [-0.4, -0.2) is 15.0 Å². The fraction of sp³-hybridized carbons (Fsp3) is 0. The van der Waals surface area contributed by atoms with Gasteiger partial charge in [0.1, 0.15) is 11.2 Å². The lowest BCUT2D eigenvalue weighted by atomic mass is 9.95. The van der Waals surface area contributed by atoms with E-state index in [0.29, 0.717) is 17.5 Å². The summed E-state index contributed by atoms with van der Waals surface area (Å²) in [6.07, 6.45) is 0. The largest absolute Gasteiger partial charge is 0.456 e. The quantitative estimate of drug-likeness (QED) is 0.195. The Kier molecular flexibility index (Phi) is 6.15. The third-order valence-corrected chi connectivity index (χ3v) is 9.49. The molecule has 10 aromatic rings. The van der Waals surface area contributed by atoms with Crippen molar-refractivity contribution >= 4 is 54.3 Å². The second kappa shape index (κ2) is 11.0. The number of hydrogen-bond acceptors (Lipinski definition) is 4. The molecule has 0 fully saturated rings. The molecule has 0 spiro atoms. The molecule has 0 amide bonds. The van der Waals surface area contributed by atoms with E-state index in [1.807, 2.05) is 42.5 Å². The number of nitrogens with zero attached hydrogens (tertiary/aromatic N) is 3. The zero-order valence-electron chi connectivity index (χ0n) is 26.3. The minimum atomic E-state index is 0.618. The van der Waals surface area contributed by atoms with E-state index in [0.717, 1.165) is 60.2 Å². The molecule has 0 unspecified atom stereocenters. The maximum atomic E-state index is 6.41. The molecule has 0 N–H and O–H groups in total. The van der Waals surface area contributed by atoms with Crippen molar-refractivity contribution in [3.05, 3.63) is 164 Å². The maximum absolute atomic E-state index is 6.41. The molecule has 0 aliphatic carbocycles. The Bertz CT molecular complexity index is 2880. The van der Waals surface area contributed by atoms with Gasteiger partial charge in [-0.15, -0.1) is 0 Å². The Labute approximate surface area is 282 Å². The van der Waals surface area contributed by atoms with Crippen molar-refractivity contribution in [1.29, 1.82) is 0 Å². The van der Waals surface area contributed by atoms with Crippen molar-refractivity contribution in [3.63, 3.8) is 0 Å². The highest BCUT2D eigenvalue weighted by atomic mass is 16.3. The molecule has 0 saturated heterocycles. The standard InChI is InChI=1S/C45H27N3O/c1-2-12-30(13-3-1)43-46-44(48-45(47-43)38-19-9-15-29-11-5-7-17-36(29)38)33-22-23-41-39(25-33)40-26-34-24-32(21-20-31(34)27-42(40)49-41)37-18-8-14-28-10-4-6-16-35(28)37/h1-27H. The number of furan rings is 1. The monoisotopic (exact) mass is 625 g/mol. The molecule has 10 rings (SSSR count). The molecular formula is C45H27N3O. The summed E-state index contributed by atoms with van der Waals surface area (Å²) in [4.78, 5) is 15.1. The van der Waals surface area contributed by atoms with Gasteiger partial charge in [-0.1, -0.05) is 127 Å². The first kappa shape index (κ1) is 27.5. The SMILES string of the molecule is c1ccc(-c2nc(-c3ccc4oc5cc6ccc(-c7cccc8ccccc78)cc6cc5c4c3)nc(-c3cccc4ccccc34)n2)cc1. The molecule has 2 aromatic heterocycles. The minimum absolute atomic E-state index is 0.618. The summed E-state index contributed by atoms with van der Waals surface area (Å²) in [5.74, 6) is 1.90. The van der Waals surface area contributed by atoms with Crippen LogP contribution >= 0.6 is 0 Å². The Morgan fingerprint density at radius 1 is 0.306 bits per heavy atom. The number of hydrogen-bond donors (Lipinski definition) is 0. The van der Waals surface area contributed by atoms with Gasteiger partial charge in [0.25, 0.3) is 0 Å². The van der Waals surface area contributed by atoms with E-state index in [1.54, 1.807) is 0 Å². The molecule has 0 atom stereocenters. The van der Waals surface area contributed by atoms with E-state index in [2.05, 4.69) is 121 Å². The number of rotatable bonds is 4. The summed E-state index contributed by atoms with van der Waals surface area (Å²) in [6.45, 7) is 0. The molecule has 49 heavy (non-hydrogen) atoms. The summed E-state index contributed by atoms with van der Waals surface area (Å²) in [5, 5.41) is 9.12. The first-order chi connectivity index (χ1) is 24.2.